The highest BCUT2D eigenvalue weighted by Gasteiger charge is 1.92. The van der Waals surface area contributed by atoms with Crippen molar-refractivity contribution in [1.29, 1.82) is 0 Å². The maximum absolute atomic E-state index is 5.76. The molecule has 0 aliphatic rings. The maximum Gasteiger partial charge on any atom is 0.116 e. The SMILES string of the molecule is Clc1ccc2ncncc2c1. The first-order valence-corrected chi connectivity index (χ1v) is 3.59. The van der Waals surface area contributed by atoms with Crippen molar-refractivity contribution in [2.24, 2.45) is 0 Å². The van der Waals surface area contributed by atoms with Gasteiger partial charge in [0.25, 0.3) is 0 Å². The number of hydrogen-bond donors (Lipinski definition) is 0. The van der Waals surface area contributed by atoms with Crippen LogP contribution < -0.4 is 0 Å². The molecule has 1 heterocycles. The third-order valence-corrected chi connectivity index (χ3v) is 1.70. The molecule has 3 heteroatoms. The van der Waals surface area contributed by atoms with Gasteiger partial charge in [0.05, 0.1) is 5.52 Å². The van der Waals surface area contributed by atoms with Gasteiger partial charge in [-0.25, -0.2) is 9.97 Å². The van der Waals surface area contributed by atoms with Crippen molar-refractivity contribution in [3.8, 4) is 0 Å². The van der Waals surface area contributed by atoms with E-state index in [9.17, 15) is 0 Å². The monoisotopic (exact) mass is 164 g/mol. The number of nitrogens with zero attached hydrogens (tertiary/aromatic N) is 2. The predicted molar refractivity (Wildman–Crippen MR) is 44.5 cm³/mol. The van der Waals surface area contributed by atoms with Gasteiger partial charge in [0.1, 0.15) is 6.33 Å². The van der Waals surface area contributed by atoms with Gasteiger partial charge in [0.15, 0.2) is 0 Å². The van der Waals surface area contributed by atoms with E-state index in [2.05, 4.69) is 9.97 Å². The standard InChI is InChI=1S/C8H5ClN2/c9-7-1-2-8-6(3-7)4-10-5-11-8/h1-5H. The molecule has 11 heavy (non-hydrogen) atoms. The van der Waals surface area contributed by atoms with Crippen molar-refractivity contribution in [2.75, 3.05) is 0 Å². The summed E-state index contributed by atoms with van der Waals surface area (Å²) in [6, 6.07) is 5.53. The van der Waals surface area contributed by atoms with E-state index in [1.165, 1.54) is 6.33 Å². The second-order valence-corrected chi connectivity index (χ2v) is 2.66. The quantitative estimate of drug-likeness (QED) is 0.597. The molecule has 0 amide bonds. The van der Waals surface area contributed by atoms with Crippen LogP contribution in [0.2, 0.25) is 5.02 Å². The van der Waals surface area contributed by atoms with Crippen molar-refractivity contribution >= 4 is 22.5 Å². The molecule has 54 valence electrons. The zero-order valence-corrected chi connectivity index (χ0v) is 6.42. The smallest absolute Gasteiger partial charge is 0.116 e. The van der Waals surface area contributed by atoms with Crippen molar-refractivity contribution in [2.45, 2.75) is 0 Å². The molecule has 0 saturated carbocycles. The lowest BCUT2D eigenvalue weighted by molar-refractivity contribution is 1.22. The first-order chi connectivity index (χ1) is 5.36. The Bertz CT molecular complexity index is 387. The zero-order chi connectivity index (χ0) is 7.68. The van der Waals surface area contributed by atoms with E-state index in [4.69, 9.17) is 11.6 Å². The lowest BCUT2D eigenvalue weighted by Crippen LogP contribution is -1.79. The van der Waals surface area contributed by atoms with Crippen LogP contribution in [0.25, 0.3) is 10.9 Å². The van der Waals surface area contributed by atoms with Gasteiger partial charge < -0.3 is 0 Å². The van der Waals surface area contributed by atoms with Gasteiger partial charge in [0.2, 0.25) is 0 Å². The summed E-state index contributed by atoms with van der Waals surface area (Å²) in [5, 5.41) is 1.69. The molecule has 0 bridgehead atoms. The van der Waals surface area contributed by atoms with E-state index in [1.54, 1.807) is 6.20 Å². The maximum atomic E-state index is 5.76. The number of fused-ring (bicyclic) bond motifs is 1. The first-order valence-electron chi connectivity index (χ1n) is 3.21. The number of hydrogen-bond acceptors (Lipinski definition) is 2. The van der Waals surface area contributed by atoms with E-state index < -0.39 is 0 Å². The van der Waals surface area contributed by atoms with Crippen LogP contribution in [0.5, 0.6) is 0 Å². The van der Waals surface area contributed by atoms with E-state index >= 15 is 0 Å². The average Bonchev–Trinajstić information content (AvgIpc) is 2.04. The Hall–Kier alpha value is -1.15. The van der Waals surface area contributed by atoms with Crippen molar-refractivity contribution in [3.05, 3.63) is 35.7 Å². The molecule has 2 aromatic rings. The highest BCUT2D eigenvalue weighted by Crippen LogP contribution is 2.15. The van der Waals surface area contributed by atoms with E-state index in [1.807, 2.05) is 18.2 Å². The van der Waals surface area contributed by atoms with E-state index in [0.717, 1.165) is 10.9 Å². The Morgan fingerprint density at radius 2 is 2.18 bits per heavy atom. The van der Waals surface area contributed by atoms with Crippen LogP contribution in [0.4, 0.5) is 0 Å². The lowest BCUT2D eigenvalue weighted by Gasteiger charge is -1.94. The summed E-state index contributed by atoms with van der Waals surface area (Å²) in [5.74, 6) is 0. The number of aromatic nitrogens is 2. The van der Waals surface area contributed by atoms with Crippen molar-refractivity contribution in [1.82, 2.24) is 9.97 Å². The van der Waals surface area contributed by atoms with Gasteiger partial charge in [0, 0.05) is 16.6 Å². The Balaban J connectivity index is 2.83. The fourth-order valence-electron chi connectivity index (χ4n) is 0.956. The third-order valence-electron chi connectivity index (χ3n) is 1.47. The van der Waals surface area contributed by atoms with E-state index in [0.29, 0.717) is 5.02 Å². The number of rotatable bonds is 0. The molecule has 2 rings (SSSR count). The molecule has 0 aliphatic carbocycles. The van der Waals surface area contributed by atoms with Crippen LogP contribution >= 0.6 is 11.6 Å². The molecule has 0 aliphatic heterocycles. The number of benzene rings is 1. The van der Waals surface area contributed by atoms with Crippen LogP contribution in [0, 0.1) is 0 Å². The molecule has 0 atom stereocenters. The summed E-state index contributed by atoms with van der Waals surface area (Å²) in [6.45, 7) is 0. The minimum atomic E-state index is 0.715. The van der Waals surface area contributed by atoms with E-state index in [-0.39, 0.29) is 0 Å². The average molecular weight is 165 g/mol. The van der Waals surface area contributed by atoms with Crippen LogP contribution in [0.3, 0.4) is 0 Å². The molecule has 0 radical (unpaired) electrons. The molecule has 0 N–H and O–H groups in total. The highest BCUT2D eigenvalue weighted by molar-refractivity contribution is 6.31. The van der Waals surface area contributed by atoms with Gasteiger partial charge in [-0.05, 0) is 18.2 Å². The third kappa shape index (κ3) is 1.17. The first kappa shape index (κ1) is 6.55. The van der Waals surface area contributed by atoms with Crippen LogP contribution in [0.15, 0.2) is 30.7 Å². The largest absolute Gasteiger partial charge is 0.244 e. The fraction of sp³-hybridized carbons (Fsp3) is 0. The van der Waals surface area contributed by atoms with Gasteiger partial charge in [-0.15, -0.1) is 0 Å². The Morgan fingerprint density at radius 1 is 1.27 bits per heavy atom. The van der Waals surface area contributed by atoms with Crippen molar-refractivity contribution < 1.29 is 0 Å². The molecule has 2 nitrogen and oxygen atoms in total. The number of halogens is 1. The summed E-state index contributed by atoms with van der Waals surface area (Å²) in [4.78, 5) is 7.94. The summed E-state index contributed by atoms with van der Waals surface area (Å²) in [7, 11) is 0. The minimum Gasteiger partial charge on any atom is -0.244 e. The molecule has 1 aromatic carbocycles. The second kappa shape index (κ2) is 2.47. The second-order valence-electron chi connectivity index (χ2n) is 2.23. The predicted octanol–water partition coefficient (Wildman–Crippen LogP) is 2.28. The molecule has 0 spiro atoms. The highest BCUT2D eigenvalue weighted by atomic mass is 35.5. The normalized spacial score (nSPS) is 10.3. The zero-order valence-electron chi connectivity index (χ0n) is 5.66. The molecular formula is C8H5ClN2. The summed E-state index contributed by atoms with van der Waals surface area (Å²) >= 11 is 5.76. The van der Waals surface area contributed by atoms with Crippen LogP contribution in [0.1, 0.15) is 0 Å². The van der Waals surface area contributed by atoms with Gasteiger partial charge in [-0.1, -0.05) is 11.6 Å². The minimum absolute atomic E-state index is 0.715. The summed E-state index contributed by atoms with van der Waals surface area (Å²) in [5.41, 5.74) is 0.921. The summed E-state index contributed by atoms with van der Waals surface area (Å²) < 4.78 is 0. The fourth-order valence-corrected chi connectivity index (χ4v) is 1.14. The van der Waals surface area contributed by atoms with Crippen molar-refractivity contribution in [3.63, 3.8) is 0 Å². The lowest BCUT2D eigenvalue weighted by atomic mass is 10.2. The van der Waals surface area contributed by atoms with Gasteiger partial charge in [-0.3, -0.25) is 0 Å². The van der Waals surface area contributed by atoms with Crippen LogP contribution in [-0.4, -0.2) is 9.97 Å². The Morgan fingerprint density at radius 3 is 3.09 bits per heavy atom. The Labute approximate surface area is 68.9 Å². The molecule has 1 aromatic heterocycles. The molecule has 0 fully saturated rings. The molecular weight excluding hydrogens is 160 g/mol. The van der Waals surface area contributed by atoms with Crippen LogP contribution in [-0.2, 0) is 0 Å². The molecule has 0 unspecified atom stereocenters. The van der Waals surface area contributed by atoms with Gasteiger partial charge in [-0.2, -0.15) is 0 Å². The molecule has 0 saturated heterocycles. The van der Waals surface area contributed by atoms with Gasteiger partial charge >= 0.3 is 0 Å². The topological polar surface area (TPSA) is 25.8 Å². The Kier molecular flexibility index (Phi) is 1.47. The summed E-state index contributed by atoms with van der Waals surface area (Å²) in [6.07, 6.45) is 3.27.